The molecule has 1 N–H and O–H groups in total. The largest absolute Gasteiger partial charge is 0.478 e. The number of aromatic carboxylic acids is 1. The lowest BCUT2D eigenvalue weighted by Crippen LogP contribution is -2.60. The molecule has 1 saturated heterocycles. The van der Waals surface area contributed by atoms with Crippen molar-refractivity contribution in [3.05, 3.63) is 29.1 Å². The first kappa shape index (κ1) is 16.9. The normalized spacial score (nSPS) is 21.9. The van der Waals surface area contributed by atoms with Crippen LogP contribution in [0.3, 0.4) is 0 Å². The molecule has 6 heteroatoms. The Hall–Kier alpha value is -1.95. The molecule has 1 aliphatic carbocycles. The Morgan fingerprint density at radius 1 is 1.21 bits per heavy atom. The number of aryl methyl sites for hydroxylation is 1. The van der Waals surface area contributed by atoms with Gasteiger partial charge in [0.15, 0.2) is 0 Å². The van der Waals surface area contributed by atoms with Crippen LogP contribution < -0.4 is 0 Å². The third kappa shape index (κ3) is 3.15. The monoisotopic (exact) mass is 332 g/mol. The summed E-state index contributed by atoms with van der Waals surface area (Å²) in [5.41, 5.74) is 0.141. The highest BCUT2D eigenvalue weighted by Gasteiger charge is 2.47. The predicted octanol–water partition coefficient (Wildman–Crippen LogP) is 2.65. The molecule has 1 spiro atoms. The van der Waals surface area contributed by atoms with Gasteiger partial charge in [-0.1, -0.05) is 12.8 Å². The van der Waals surface area contributed by atoms with Gasteiger partial charge in [-0.3, -0.25) is 4.79 Å². The van der Waals surface area contributed by atoms with Gasteiger partial charge in [0.1, 0.15) is 5.69 Å². The topological polar surface area (TPSA) is 79.7 Å². The van der Waals surface area contributed by atoms with Crippen LogP contribution in [0.25, 0.3) is 0 Å². The molecule has 1 amide bonds. The Labute approximate surface area is 141 Å². The third-order valence-corrected chi connectivity index (χ3v) is 4.88. The van der Waals surface area contributed by atoms with Gasteiger partial charge in [-0.2, -0.15) is 0 Å². The number of nitrogens with zero attached hydrogens (tertiary/aromatic N) is 2. The van der Waals surface area contributed by atoms with Crippen LogP contribution in [0, 0.1) is 6.92 Å². The summed E-state index contributed by atoms with van der Waals surface area (Å²) in [6, 6.07) is 2.96. The Bertz CT molecular complexity index is 678. The van der Waals surface area contributed by atoms with E-state index >= 15 is 0 Å². The summed E-state index contributed by atoms with van der Waals surface area (Å²) in [7, 11) is 0. The van der Waals surface area contributed by atoms with Crippen molar-refractivity contribution in [2.45, 2.75) is 57.7 Å². The summed E-state index contributed by atoms with van der Waals surface area (Å²) in [6.07, 6.45) is 4.21. The number of carbonyl (C=O) groups is 2. The molecule has 0 radical (unpaired) electrons. The van der Waals surface area contributed by atoms with Gasteiger partial charge >= 0.3 is 5.97 Å². The second kappa shape index (κ2) is 5.84. The Balaban J connectivity index is 1.86. The van der Waals surface area contributed by atoms with Crippen LogP contribution in [0.15, 0.2) is 12.1 Å². The SMILES string of the molecule is Cc1nc(C(=O)N2CC(C)(C)OC3(CCCC3)C2)ccc1C(=O)O. The van der Waals surface area contributed by atoms with E-state index in [0.29, 0.717) is 24.5 Å². The number of carbonyl (C=O) groups excluding carboxylic acids is 1. The highest BCUT2D eigenvalue weighted by molar-refractivity contribution is 5.94. The van der Waals surface area contributed by atoms with Gasteiger partial charge in [-0.25, -0.2) is 9.78 Å². The molecule has 130 valence electrons. The van der Waals surface area contributed by atoms with E-state index in [9.17, 15) is 9.59 Å². The Morgan fingerprint density at radius 3 is 2.46 bits per heavy atom. The Kier molecular flexibility index (Phi) is 4.11. The lowest BCUT2D eigenvalue weighted by Gasteiger charge is -2.48. The molecule has 0 atom stereocenters. The number of hydrogen-bond acceptors (Lipinski definition) is 4. The molecule has 24 heavy (non-hydrogen) atoms. The van der Waals surface area contributed by atoms with Crippen molar-refractivity contribution in [1.82, 2.24) is 9.88 Å². The van der Waals surface area contributed by atoms with Crippen LogP contribution >= 0.6 is 0 Å². The van der Waals surface area contributed by atoms with E-state index in [2.05, 4.69) is 4.98 Å². The van der Waals surface area contributed by atoms with Crippen molar-refractivity contribution in [2.75, 3.05) is 13.1 Å². The van der Waals surface area contributed by atoms with Crippen molar-refractivity contribution < 1.29 is 19.4 Å². The van der Waals surface area contributed by atoms with Crippen LogP contribution in [0.2, 0.25) is 0 Å². The fraction of sp³-hybridized carbons (Fsp3) is 0.611. The van der Waals surface area contributed by atoms with Crippen LogP contribution in [-0.2, 0) is 4.74 Å². The molecule has 0 aromatic carbocycles. The summed E-state index contributed by atoms with van der Waals surface area (Å²) in [4.78, 5) is 30.1. The second-order valence-corrected chi connectivity index (χ2v) is 7.55. The number of rotatable bonds is 2. The zero-order valence-corrected chi connectivity index (χ0v) is 14.5. The van der Waals surface area contributed by atoms with Crippen molar-refractivity contribution >= 4 is 11.9 Å². The van der Waals surface area contributed by atoms with Crippen LogP contribution in [0.4, 0.5) is 0 Å². The molecular formula is C18H24N2O4. The summed E-state index contributed by atoms with van der Waals surface area (Å²) in [6.45, 7) is 6.73. The highest BCUT2D eigenvalue weighted by atomic mass is 16.5. The quantitative estimate of drug-likeness (QED) is 0.900. The van der Waals surface area contributed by atoms with Crippen molar-refractivity contribution in [1.29, 1.82) is 0 Å². The zero-order chi connectivity index (χ0) is 17.5. The first-order valence-electron chi connectivity index (χ1n) is 8.42. The molecule has 6 nitrogen and oxygen atoms in total. The molecule has 0 unspecified atom stereocenters. The Morgan fingerprint density at radius 2 is 1.88 bits per heavy atom. The van der Waals surface area contributed by atoms with Crippen LogP contribution in [0.5, 0.6) is 0 Å². The molecule has 1 saturated carbocycles. The first-order chi connectivity index (χ1) is 11.2. The van der Waals surface area contributed by atoms with Crippen molar-refractivity contribution in [3.63, 3.8) is 0 Å². The molecule has 0 bridgehead atoms. The third-order valence-electron chi connectivity index (χ3n) is 4.88. The number of pyridine rings is 1. The fourth-order valence-corrected chi connectivity index (χ4v) is 4.01. The minimum atomic E-state index is -1.03. The van der Waals surface area contributed by atoms with Crippen LogP contribution in [0.1, 0.15) is 66.1 Å². The van der Waals surface area contributed by atoms with Crippen molar-refractivity contribution in [3.8, 4) is 0 Å². The average Bonchev–Trinajstić information content (AvgIpc) is 2.91. The maximum Gasteiger partial charge on any atom is 0.337 e. The van der Waals surface area contributed by atoms with E-state index in [1.807, 2.05) is 18.7 Å². The molecule has 1 aliphatic heterocycles. The van der Waals surface area contributed by atoms with Gasteiger partial charge in [0, 0.05) is 6.54 Å². The number of carboxylic acids is 1. The predicted molar refractivity (Wildman–Crippen MR) is 88.2 cm³/mol. The van der Waals surface area contributed by atoms with Crippen LogP contribution in [-0.4, -0.2) is 51.2 Å². The van der Waals surface area contributed by atoms with E-state index in [-0.39, 0.29) is 17.1 Å². The van der Waals surface area contributed by atoms with E-state index < -0.39 is 11.6 Å². The first-order valence-corrected chi connectivity index (χ1v) is 8.42. The van der Waals surface area contributed by atoms with Gasteiger partial charge in [-0.05, 0) is 45.7 Å². The van der Waals surface area contributed by atoms with E-state index in [0.717, 1.165) is 25.7 Å². The van der Waals surface area contributed by atoms with E-state index in [4.69, 9.17) is 9.84 Å². The van der Waals surface area contributed by atoms with E-state index in [1.54, 1.807) is 6.92 Å². The number of aromatic nitrogens is 1. The molecule has 2 aliphatic rings. The van der Waals surface area contributed by atoms with Crippen molar-refractivity contribution in [2.24, 2.45) is 0 Å². The smallest absolute Gasteiger partial charge is 0.337 e. The highest BCUT2D eigenvalue weighted by Crippen LogP contribution is 2.40. The summed E-state index contributed by atoms with van der Waals surface area (Å²) in [5.74, 6) is -1.19. The van der Waals surface area contributed by atoms with Gasteiger partial charge in [0.05, 0.1) is 29.0 Å². The number of morpholine rings is 1. The molecular weight excluding hydrogens is 308 g/mol. The fourth-order valence-electron chi connectivity index (χ4n) is 4.01. The van der Waals surface area contributed by atoms with Gasteiger partial charge < -0.3 is 14.7 Å². The molecule has 1 aromatic rings. The van der Waals surface area contributed by atoms with E-state index in [1.165, 1.54) is 12.1 Å². The van der Waals surface area contributed by atoms with Gasteiger partial charge in [0.25, 0.3) is 5.91 Å². The molecule has 2 fully saturated rings. The number of amides is 1. The summed E-state index contributed by atoms with van der Waals surface area (Å²) >= 11 is 0. The lowest BCUT2D eigenvalue weighted by molar-refractivity contribution is -0.184. The second-order valence-electron chi connectivity index (χ2n) is 7.55. The maximum atomic E-state index is 12.9. The molecule has 1 aromatic heterocycles. The summed E-state index contributed by atoms with van der Waals surface area (Å²) < 4.78 is 6.32. The maximum absolute atomic E-state index is 12.9. The average molecular weight is 332 g/mol. The minimum absolute atomic E-state index is 0.126. The van der Waals surface area contributed by atoms with Gasteiger partial charge in [0.2, 0.25) is 0 Å². The standard InChI is InChI=1S/C18H24N2O4/c1-12-13(16(22)23)6-7-14(19-12)15(21)20-10-17(2,3)24-18(11-20)8-4-5-9-18/h6-7H,4-5,8-11H2,1-3H3,(H,22,23). The minimum Gasteiger partial charge on any atom is -0.478 e. The van der Waals surface area contributed by atoms with Gasteiger partial charge in [-0.15, -0.1) is 0 Å². The molecule has 3 rings (SSSR count). The lowest BCUT2D eigenvalue weighted by atomic mass is 9.94. The zero-order valence-electron chi connectivity index (χ0n) is 14.5. The number of ether oxygens (including phenoxy) is 1. The number of hydrogen-bond donors (Lipinski definition) is 1. The number of carboxylic acid groups (broad SMARTS) is 1. The summed E-state index contributed by atoms with van der Waals surface area (Å²) in [5, 5.41) is 9.10. The molecule has 2 heterocycles.